The van der Waals surface area contributed by atoms with Crippen LogP contribution in [0.25, 0.3) is 0 Å². The highest BCUT2D eigenvalue weighted by Crippen LogP contribution is 2.29. The zero-order chi connectivity index (χ0) is 15.0. The van der Waals surface area contributed by atoms with Gasteiger partial charge in [-0.05, 0) is 37.5 Å². The summed E-state index contributed by atoms with van der Waals surface area (Å²) in [5, 5.41) is 11.5. The molecule has 1 aliphatic heterocycles. The lowest BCUT2D eigenvalue weighted by Gasteiger charge is -2.23. The molecule has 0 bridgehead atoms. The van der Waals surface area contributed by atoms with Gasteiger partial charge in [-0.1, -0.05) is 20.3 Å². The predicted molar refractivity (Wildman–Crippen MR) is 78.7 cm³/mol. The summed E-state index contributed by atoms with van der Waals surface area (Å²) in [6.45, 7) is 6.83. The lowest BCUT2D eigenvalue weighted by Crippen LogP contribution is -2.41. The van der Waals surface area contributed by atoms with Gasteiger partial charge in [0.2, 0.25) is 0 Å². The molecule has 116 valence electrons. The van der Waals surface area contributed by atoms with Crippen LogP contribution in [0.15, 0.2) is 0 Å². The third-order valence-corrected chi connectivity index (χ3v) is 3.97. The van der Waals surface area contributed by atoms with Crippen LogP contribution >= 0.6 is 0 Å². The second kappa shape index (κ2) is 8.12. The summed E-state index contributed by atoms with van der Waals surface area (Å²) in [7, 11) is 0. The van der Waals surface area contributed by atoms with Crippen molar-refractivity contribution in [3.05, 3.63) is 0 Å². The van der Waals surface area contributed by atoms with Gasteiger partial charge in [0.1, 0.15) is 0 Å². The number of urea groups is 1. The number of hydrogen-bond donors (Lipinski definition) is 2. The van der Waals surface area contributed by atoms with E-state index < -0.39 is 5.97 Å². The minimum absolute atomic E-state index is 0.0286. The molecule has 0 aliphatic carbocycles. The maximum atomic E-state index is 12.0. The quantitative estimate of drug-likeness (QED) is 0.737. The molecule has 0 unspecified atom stereocenters. The fourth-order valence-electron chi connectivity index (χ4n) is 2.51. The number of aliphatic carboxylic acids is 1. The first-order chi connectivity index (χ1) is 9.41. The molecule has 1 heterocycles. The zero-order valence-corrected chi connectivity index (χ0v) is 12.8. The number of rotatable bonds is 6. The Bertz CT molecular complexity index is 329. The van der Waals surface area contributed by atoms with E-state index in [0.717, 1.165) is 38.8 Å². The molecule has 1 aliphatic rings. The van der Waals surface area contributed by atoms with E-state index in [0.29, 0.717) is 18.4 Å². The van der Waals surface area contributed by atoms with Crippen LogP contribution in [0.4, 0.5) is 4.79 Å². The first-order valence-corrected chi connectivity index (χ1v) is 7.65. The van der Waals surface area contributed by atoms with Crippen molar-refractivity contribution in [1.29, 1.82) is 0 Å². The summed E-state index contributed by atoms with van der Waals surface area (Å²) < 4.78 is 0. The Hall–Kier alpha value is -1.26. The zero-order valence-electron chi connectivity index (χ0n) is 12.8. The monoisotopic (exact) mass is 284 g/mol. The molecule has 0 saturated carbocycles. The average molecular weight is 284 g/mol. The maximum Gasteiger partial charge on any atom is 0.317 e. The van der Waals surface area contributed by atoms with E-state index >= 15 is 0 Å². The number of nitrogens with one attached hydrogen (secondary N) is 1. The predicted octanol–water partition coefficient (Wildman–Crippen LogP) is 2.85. The van der Waals surface area contributed by atoms with Crippen molar-refractivity contribution in [2.45, 2.75) is 58.8 Å². The van der Waals surface area contributed by atoms with Gasteiger partial charge in [-0.2, -0.15) is 0 Å². The van der Waals surface area contributed by atoms with E-state index in [1.54, 1.807) is 0 Å². The summed E-state index contributed by atoms with van der Waals surface area (Å²) in [6.07, 6.45) is 5.89. The number of nitrogens with zero attached hydrogens (tertiary/aromatic N) is 1. The van der Waals surface area contributed by atoms with Gasteiger partial charge < -0.3 is 15.3 Å². The van der Waals surface area contributed by atoms with Gasteiger partial charge >= 0.3 is 12.0 Å². The number of amides is 2. The molecule has 20 heavy (non-hydrogen) atoms. The average Bonchev–Trinajstić information content (AvgIpc) is 2.54. The molecule has 0 aromatic heterocycles. The van der Waals surface area contributed by atoms with E-state index in [1.165, 1.54) is 6.42 Å². The van der Waals surface area contributed by atoms with Crippen molar-refractivity contribution >= 4 is 12.0 Å². The standard InChI is InChI=1S/C15H28N2O3/c1-15(2)8-6-11-17(12-9-15)14(20)16-10-5-3-4-7-13(18)19/h3-12H2,1-2H3,(H,16,20)(H,18,19). The summed E-state index contributed by atoms with van der Waals surface area (Å²) in [6, 6.07) is 0.0286. The molecule has 0 aromatic carbocycles. The molecule has 2 N–H and O–H groups in total. The molecule has 1 saturated heterocycles. The molecule has 1 fully saturated rings. The van der Waals surface area contributed by atoms with Crippen LogP contribution < -0.4 is 5.32 Å². The van der Waals surface area contributed by atoms with Gasteiger partial charge in [0, 0.05) is 26.1 Å². The number of unbranched alkanes of at least 4 members (excludes halogenated alkanes) is 2. The van der Waals surface area contributed by atoms with Gasteiger partial charge in [-0.3, -0.25) is 4.79 Å². The summed E-state index contributed by atoms with van der Waals surface area (Å²) in [5.41, 5.74) is 0.339. The van der Waals surface area contributed by atoms with Crippen LogP contribution in [-0.4, -0.2) is 41.6 Å². The number of carbonyl (C=O) groups excluding carboxylic acids is 1. The van der Waals surface area contributed by atoms with Crippen molar-refractivity contribution in [2.24, 2.45) is 5.41 Å². The van der Waals surface area contributed by atoms with Gasteiger partial charge in [0.15, 0.2) is 0 Å². The first-order valence-electron chi connectivity index (χ1n) is 7.65. The molecule has 0 aromatic rings. The molecule has 1 rings (SSSR count). The smallest absolute Gasteiger partial charge is 0.317 e. The van der Waals surface area contributed by atoms with E-state index in [4.69, 9.17) is 5.11 Å². The third kappa shape index (κ3) is 6.78. The Morgan fingerprint density at radius 1 is 1.15 bits per heavy atom. The lowest BCUT2D eigenvalue weighted by atomic mass is 9.85. The van der Waals surface area contributed by atoms with E-state index in [-0.39, 0.29) is 12.5 Å². The van der Waals surface area contributed by atoms with Crippen LogP contribution in [0.1, 0.15) is 58.8 Å². The SMILES string of the molecule is CC1(C)CCCN(C(=O)NCCCCCC(=O)O)CC1. The Balaban J connectivity index is 2.14. The Kier molecular flexibility index (Phi) is 6.82. The molecule has 0 spiro atoms. The van der Waals surface area contributed by atoms with Crippen LogP contribution in [-0.2, 0) is 4.79 Å². The molecular formula is C15H28N2O3. The van der Waals surface area contributed by atoms with E-state index in [2.05, 4.69) is 19.2 Å². The van der Waals surface area contributed by atoms with Gasteiger partial charge in [-0.25, -0.2) is 4.79 Å². The highest BCUT2D eigenvalue weighted by Gasteiger charge is 2.25. The Morgan fingerprint density at radius 2 is 1.90 bits per heavy atom. The molecule has 5 heteroatoms. The maximum absolute atomic E-state index is 12.0. The lowest BCUT2D eigenvalue weighted by molar-refractivity contribution is -0.137. The van der Waals surface area contributed by atoms with Gasteiger partial charge in [-0.15, -0.1) is 0 Å². The van der Waals surface area contributed by atoms with Gasteiger partial charge in [0.05, 0.1) is 0 Å². The van der Waals surface area contributed by atoms with Crippen molar-refractivity contribution in [1.82, 2.24) is 10.2 Å². The summed E-state index contributed by atoms with van der Waals surface area (Å²) in [4.78, 5) is 24.3. The summed E-state index contributed by atoms with van der Waals surface area (Å²) >= 11 is 0. The van der Waals surface area contributed by atoms with Crippen LogP contribution in [0.5, 0.6) is 0 Å². The molecule has 5 nitrogen and oxygen atoms in total. The summed E-state index contributed by atoms with van der Waals surface area (Å²) in [5.74, 6) is -0.749. The van der Waals surface area contributed by atoms with Crippen molar-refractivity contribution in [3.8, 4) is 0 Å². The number of likely N-dealkylation sites (tertiary alicyclic amines) is 1. The fraction of sp³-hybridized carbons (Fsp3) is 0.867. The molecule has 0 atom stereocenters. The topological polar surface area (TPSA) is 69.6 Å². The highest BCUT2D eigenvalue weighted by molar-refractivity contribution is 5.74. The number of carboxylic acids is 1. The Morgan fingerprint density at radius 3 is 2.60 bits per heavy atom. The molecule has 0 radical (unpaired) electrons. The number of hydrogen-bond acceptors (Lipinski definition) is 2. The third-order valence-electron chi connectivity index (χ3n) is 3.97. The largest absolute Gasteiger partial charge is 0.481 e. The first kappa shape index (κ1) is 16.8. The van der Waals surface area contributed by atoms with Crippen molar-refractivity contribution in [2.75, 3.05) is 19.6 Å². The molecule has 2 amide bonds. The number of carbonyl (C=O) groups is 2. The normalized spacial score (nSPS) is 18.4. The van der Waals surface area contributed by atoms with Crippen molar-refractivity contribution < 1.29 is 14.7 Å². The van der Waals surface area contributed by atoms with E-state index in [9.17, 15) is 9.59 Å². The molecular weight excluding hydrogens is 256 g/mol. The van der Waals surface area contributed by atoms with E-state index in [1.807, 2.05) is 4.90 Å². The van der Waals surface area contributed by atoms with Crippen molar-refractivity contribution in [3.63, 3.8) is 0 Å². The van der Waals surface area contributed by atoms with Crippen LogP contribution in [0, 0.1) is 5.41 Å². The van der Waals surface area contributed by atoms with Crippen LogP contribution in [0.2, 0.25) is 0 Å². The number of carboxylic acid groups (broad SMARTS) is 1. The minimum atomic E-state index is -0.749. The highest BCUT2D eigenvalue weighted by atomic mass is 16.4. The minimum Gasteiger partial charge on any atom is -0.481 e. The Labute approximate surface area is 121 Å². The van der Waals surface area contributed by atoms with Crippen LogP contribution in [0.3, 0.4) is 0 Å². The second-order valence-electron chi connectivity index (χ2n) is 6.44. The second-order valence-corrected chi connectivity index (χ2v) is 6.44. The fourth-order valence-corrected chi connectivity index (χ4v) is 2.51. The van der Waals surface area contributed by atoms with Gasteiger partial charge in [0.25, 0.3) is 0 Å².